The molecule has 0 fully saturated rings. The highest BCUT2D eigenvalue weighted by atomic mass is 35.5. The lowest BCUT2D eigenvalue weighted by molar-refractivity contribution is -0.152. The number of nitrogens with one attached hydrogen (secondary N) is 1. The van der Waals surface area contributed by atoms with Gasteiger partial charge in [-0.05, 0) is 50.5 Å². The number of halogens is 1. The molecule has 0 saturated carbocycles. The second kappa shape index (κ2) is 11.2. The number of Topliss-reactive ketones (excluding diaryl/α,β-unsaturated/α-hetero) is 1. The summed E-state index contributed by atoms with van der Waals surface area (Å²) in [4.78, 5) is 40.8. The van der Waals surface area contributed by atoms with E-state index in [1.54, 1.807) is 58.2 Å². The van der Waals surface area contributed by atoms with Gasteiger partial charge >= 0.3 is 11.9 Å². The summed E-state index contributed by atoms with van der Waals surface area (Å²) >= 11 is 6.61. The van der Waals surface area contributed by atoms with E-state index >= 15 is 0 Å². The lowest BCUT2D eigenvalue weighted by Gasteiger charge is -2.39. The van der Waals surface area contributed by atoms with Gasteiger partial charge < -0.3 is 19.5 Å². The standard InChI is InChI=1S/C29H30ClNO6/c1-5-36-28(33)23-16(3)31-21-15-19(17-11-8-10-14-22(17)35-4)25(29(34)37-6-2)27(32)26(21)24(23)18-12-7-9-13-20(18)30/h7-14,19,24-25,31H,5-6,15H2,1-4H3/t19-,24+,25-/m1/s1. The molecule has 1 aliphatic heterocycles. The van der Waals surface area contributed by atoms with Gasteiger partial charge in [-0.1, -0.05) is 48.0 Å². The monoisotopic (exact) mass is 523 g/mol. The molecular weight excluding hydrogens is 494 g/mol. The summed E-state index contributed by atoms with van der Waals surface area (Å²) in [7, 11) is 1.55. The van der Waals surface area contributed by atoms with Crippen LogP contribution in [0.3, 0.4) is 0 Å². The molecule has 0 amide bonds. The molecule has 0 saturated heterocycles. The van der Waals surface area contributed by atoms with Gasteiger partial charge in [0.05, 0.1) is 25.9 Å². The molecule has 8 heteroatoms. The van der Waals surface area contributed by atoms with Gasteiger partial charge in [-0.2, -0.15) is 0 Å². The number of hydrogen-bond acceptors (Lipinski definition) is 7. The van der Waals surface area contributed by atoms with Crippen LogP contribution in [0.15, 0.2) is 71.1 Å². The largest absolute Gasteiger partial charge is 0.496 e. The molecule has 2 aromatic rings. The first-order chi connectivity index (χ1) is 17.8. The predicted octanol–water partition coefficient (Wildman–Crippen LogP) is 5.06. The minimum Gasteiger partial charge on any atom is -0.496 e. The van der Waals surface area contributed by atoms with Crippen molar-refractivity contribution >= 4 is 29.3 Å². The van der Waals surface area contributed by atoms with Gasteiger partial charge in [0.2, 0.25) is 0 Å². The fourth-order valence-corrected chi connectivity index (χ4v) is 5.55. The molecule has 4 rings (SSSR count). The number of benzene rings is 2. The summed E-state index contributed by atoms with van der Waals surface area (Å²) in [5.74, 6) is -3.44. The number of esters is 2. The Morgan fingerprint density at radius 3 is 2.30 bits per heavy atom. The fourth-order valence-electron chi connectivity index (χ4n) is 5.30. The molecule has 0 aromatic heterocycles. The average molecular weight is 524 g/mol. The van der Waals surface area contributed by atoms with Crippen LogP contribution < -0.4 is 10.1 Å². The molecule has 194 valence electrons. The Morgan fingerprint density at radius 2 is 1.65 bits per heavy atom. The zero-order valence-corrected chi connectivity index (χ0v) is 22.1. The molecular formula is C29H30ClNO6. The third kappa shape index (κ3) is 4.88. The Kier molecular flexibility index (Phi) is 8.03. The minimum atomic E-state index is -1.12. The first-order valence-corrected chi connectivity index (χ1v) is 12.7. The van der Waals surface area contributed by atoms with E-state index in [0.717, 1.165) is 5.56 Å². The quantitative estimate of drug-likeness (QED) is 0.400. The number of dihydropyridines is 1. The van der Waals surface area contributed by atoms with Crippen LogP contribution in [0.5, 0.6) is 5.75 Å². The molecule has 0 bridgehead atoms. The maximum absolute atomic E-state index is 14.3. The second-order valence-corrected chi connectivity index (χ2v) is 9.28. The van der Waals surface area contributed by atoms with E-state index in [-0.39, 0.29) is 13.2 Å². The molecule has 0 radical (unpaired) electrons. The van der Waals surface area contributed by atoms with Crippen LogP contribution in [-0.2, 0) is 23.9 Å². The van der Waals surface area contributed by atoms with Crippen molar-refractivity contribution in [1.29, 1.82) is 0 Å². The predicted molar refractivity (Wildman–Crippen MR) is 139 cm³/mol. The van der Waals surface area contributed by atoms with Crippen molar-refractivity contribution in [1.82, 2.24) is 5.32 Å². The van der Waals surface area contributed by atoms with Gasteiger partial charge in [0, 0.05) is 33.8 Å². The number of hydrogen-bond donors (Lipinski definition) is 1. The van der Waals surface area contributed by atoms with Gasteiger partial charge in [-0.15, -0.1) is 0 Å². The van der Waals surface area contributed by atoms with Crippen molar-refractivity contribution in [3.8, 4) is 5.75 Å². The normalized spacial score (nSPS) is 21.2. The van der Waals surface area contributed by atoms with Crippen LogP contribution in [0.2, 0.25) is 5.02 Å². The molecule has 3 atom stereocenters. The van der Waals surface area contributed by atoms with E-state index < -0.39 is 35.5 Å². The minimum absolute atomic E-state index is 0.131. The smallest absolute Gasteiger partial charge is 0.336 e. The van der Waals surface area contributed by atoms with Crippen molar-refractivity contribution in [3.63, 3.8) is 0 Å². The van der Waals surface area contributed by atoms with Crippen molar-refractivity contribution in [2.45, 2.75) is 39.0 Å². The summed E-state index contributed by atoms with van der Waals surface area (Å²) in [6.45, 7) is 5.51. The van der Waals surface area contributed by atoms with Crippen molar-refractivity contribution in [2.75, 3.05) is 20.3 Å². The van der Waals surface area contributed by atoms with E-state index in [2.05, 4.69) is 5.32 Å². The number of ketones is 1. The van der Waals surface area contributed by atoms with Gasteiger partial charge in [0.15, 0.2) is 5.78 Å². The Morgan fingerprint density at radius 1 is 1.00 bits per heavy atom. The highest BCUT2D eigenvalue weighted by Gasteiger charge is 2.49. The first-order valence-electron chi connectivity index (χ1n) is 12.3. The SMILES string of the molecule is CCOC(=O)C1=C(C)NC2=C(C(=O)[C@H](C(=O)OCC)[C@@H](c3ccccc3OC)C2)[C@H]1c1ccccc1Cl. The number of methoxy groups -OCH3 is 1. The number of carbonyl (C=O) groups excluding carboxylic acids is 3. The average Bonchev–Trinajstić information content (AvgIpc) is 2.88. The zero-order valence-electron chi connectivity index (χ0n) is 21.3. The summed E-state index contributed by atoms with van der Waals surface area (Å²) in [5, 5.41) is 3.69. The number of ether oxygens (including phenoxy) is 3. The van der Waals surface area contributed by atoms with Crippen LogP contribution in [0.4, 0.5) is 0 Å². The van der Waals surface area contributed by atoms with Gasteiger partial charge in [-0.25, -0.2) is 4.79 Å². The fraction of sp³-hybridized carbons (Fsp3) is 0.345. The Balaban J connectivity index is 1.94. The molecule has 37 heavy (non-hydrogen) atoms. The lowest BCUT2D eigenvalue weighted by Crippen LogP contribution is -2.43. The summed E-state index contributed by atoms with van der Waals surface area (Å²) in [5.41, 5.74) is 3.15. The zero-order chi connectivity index (χ0) is 26.7. The van der Waals surface area contributed by atoms with Crippen LogP contribution in [-0.4, -0.2) is 38.0 Å². The highest BCUT2D eigenvalue weighted by molar-refractivity contribution is 6.31. The van der Waals surface area contributed by atoms with Crippen LogP contribution in [0.1, 0.15) is 50.2 Å². The summed E-state index contributed by atoms with van der Waals surface area (Å²) in [6, 6.07) is 14.4. The van der Waals surface area contributed by atoms with Crippen LogP contribution in [0, 0.1) is 5.92 Å². The first kappa shape index (κ1) is 26.5. The molecule has 0 unspecified atom stereocenters. The third-order valence-electron chi connectivity index (χ3n) is 6.81. The van der Waals surface area contributed by atoms with Gasteiger partial charge in [0.25, 0.3) is 0 Å². The Labute approximate surface area is 221 Å². The molecule has 1 N–H and O–H groups in total. The molecule has 2 aliphatic rings. The van der Waals surface area contributed by atoms with E-state index in [4.69, 9.17) is 25.8 Å². The van der Waals surface area contributed by atoms with E-state index in [1.807, 2.05) is 18.2 Å². The summed E-state index contributed by atoms with van der Waals surface area (Å²) in [6.07, 6.45) is 0.333. The number of para-hydroxylation sites is 1. The third-order valence-corrected chi connectivity index (χ3v) is 7.15. The van der Waals surface area contributed by atoms with E-state index in [9.17, 15) is 14.4 Å². The van der Waals surface area contributed by atoms with Gasteiger partial charge in [0.1, 0.15) is 11.7 Å². The maximum Gasteiger partial charge on any atom is 0.336 e. The van der Waals surface area contributed by atoms with E-state index in [1.165, 1.54) is 0 Å². The maximum atomic E-state index is 14.3. The number of carbonyl (C=O) groups is 3. The Hall–Kier alpha value is -3.58. The molecule has 1 heterocycles. The Bertz CT molecular complexity index is 1300. The van der Waals surface area contributed by atoms with Crippen molar-refractivity contribution in [2.24, 2.45) is 5.92 Å². The molecule has 1 aliphatic carbocycles. The summed E-state index contributed by atoms with van der Waals surface area (Å²) < 4.78 is 16.3. The number of rotatable bonds is 7. The second-order valence-electron chi connectivity index (χ2n) is 8.88. The van der Waals surface area contributed by atoms with Crippen molar-refractivity contribution < 1.29 is 28.6 Å². The van der Waals surface area contributed by atoms with E-state index in [0.29, 0.717) is 45.3 Å². The molecule has 2 aromatic carbocycles. The van der Waals surface area contributed by atoms with Gasteiger partial charge in [-0.3, -0.25) is 9.59 Å². The van der Waals surface area contributed by atoms with Crippen LogP contribution >= 0.6 is 11.6 Å². The number of allylic oxidation sites excluding steroid dienone is 3. The van der Waals surface area contributed by atoms with Crippen LogP contribution in [0.25, 0.3) is 0 Å². The van der Waals surface area contributed by atoms with Crippen molar-refractivity contribution in [3.05, 3.63) is 87.2 Å². The topological polar surface area (TPSA) is 90.9 Å². The molecule has 7 nitrogen and oxygen atoms in total. The molecule has 0 spiro atoms. The lowest BCUT2D eigenvalue weighted by atomic mass is 9.67. The highest BCUT2D eigenvalue weighted by Crippen LogP contribution is 2.50.